The summed E-state index contributed by atoms with van der Waals surface area (Å²) in [5.41, 5.74) is 5.06. The molecule has 0 radical (unpaired) electrons. The summed E-state index contributed by atoms with van der Waals surface area (Å²) in [5.74, 6) is 1.81. The van der Waals surface area contributed by atoms with Crippen molar-refractivity contribution in [3.05, 3.63) is 71.1 Å². The van der Waals surface area contributed by atoms with Crippen LogP contribution in [0.15, 0.2) is 53.1 Å². The molecule has 0 bridgehead atoms. The van der Waals surface area contributed by atoms with Gasteiger partial charge in [-0.15, -0.1) is 0 Å². The largest absolute Gasteiger partial charge is 0.493 e. The van der Waals surface area contributed by atoms with Gasteiger partial charge in [0.2, 0.25) is 0 Å². The Kier molecular flexibility index (Phi) is 4.15. The first kappa shape index (κ1) is 17.0. The van der Waals surface area contributed by atoms with Gasteiger partial charge in [-0.05, 0) is 60.7 Å². The number of carbonyl (C=O) groups excluding carboxylic acids is 1. The van der Waals surface area contributed by atoms with E-state index in [4.69, 9.17) is 9.26 Å². The molecule has 3 aromatic rings. The molecule has 142 valence electrons. The van der Waals surface area contributed by atoms with Crippen molar-refractivity contribution in [3.63, 3.8) is 0 Å². The SMILES string of the molecule is Cc1cc(C2CCCN2C(=O)c2ccc(-c3ccc4c(c3)CCO4)cc2)on1. The number of likely N-dealkylation sites (tertiary alicyclic amines) is 1. The van der Waals surface area contributed by atoms with Crippen molar-refractivity contribution in [2.24, 2.45) is 0 Å². The van der Waals surface area contributed by atoms with Crippen LogP contribution in [0.5, 0.6) is 5.75 Å². The first-order chi connectivity index (χ1) is 13.7. The van der Waals surface area contributed by atoms with E-state index in [9.17, 15) is 4.79 Å². The number of benzene rings is 2. The van der Waals surface area contributed by atoms with Crippen molar-refractivity contribution in [1.29, 1.82) is 0 Å². The fraction of sp³-hybridized carbons (Fsp3) is 0.304. The smallest absolute Gasteiger partial charge is 0.254 e. The summed E-state index contributed by atoms with van der Waals surface area (Å²) >= 11 is 0. The molecule has 0 saturated carbocycles. The number of carbonyl (C=O) groups is 1. The Morgan fingerprint density at radius 2 is 1.93 bits per heavy atom. The van der Waals surface area contributed by atoms with Crippen molar-refractivity contribution in [1.82, 2.24) is 10.1 Å². The summed E-state index contributed by atoms with van der Waals surface area (Å²) in [6.45, 7) is 3.40. The van der Waals surface area contributed by atoms with Crippen molar-refractivity contribution in [2.45, 2.75) is 32.2 Å². The third-order valence-corrected chi connectivity index (χ3v) is 5.64. The first-order valence-electron chi connectivity index (χ1n) is 9.79. The molecule has 0 aliphatic carbocycles. The third kappa shape index (κ3) is 2.97. The molecule has 2 aliphatic rings. The molecule has 0 spiro atoms. The molecule has 1 unspecified atom stereocenters. The molecular formula is C23H22N2O3. The molecule has 5 nitrogen and oxygen atoms in total. The van der Waals surface area contributed by atoms with E-state index < -0.39 is 0 Å². The highest BCUT2D eigenvalue weighted by atomic mass is 16.5. The van der Waals surface area contributed by atoms with Gasteiger partial charge in [0, 0.05) is 24.6 Å². The Balaban J connectivity index is 1.37. The Morgan fingerprint density at radius 3 is 2.71 bits per heavy atom. The molecule has 2 aliphatic heterocycles. The van der Waals surface area contributed by atoms with Crippen LogP contribution in [0.4, 0.5) is 0 Å². The van der Waals surface area contributed by atoms with Gasteiger partial charge in [-0.25, -0.2) is 0 Å². The molecular weight excluding hydrogens is 352 g/mol. The normalized spacial score (nSPS) is 18.2. The lowest BCUT2D eigenvalue weighted by atomic mass is 10.0. The second-order valence-corrected chi connectivity index (χ2v) is 7.53. The highest BCUT2D eigenvalue weighted by Crippen LogP contribution is 2.34. The maximum atomic E-state index is 13.1. The zero-order chi connectivity index (χ0) is 19.1. The lowest BCUT2D eigenvalue weighted by molar-refractivity contribution is 0.0714. The number of hydrogen-bond acceptors (Lipinski definition) is 4. The summed E-state index contributed by atoms with van der Waals surface area (Å²) in [6.07, 6.45) is 2.85. The zero-order valence-corrected chi connectivity index (χ0v) is 15.9. The molecule has 5 heteroatoms. The summed E-state index contributed by atoms with van der Waals surface area (Å²) in [6, 6.07) is 16.1. The summed E-state index contributed by atoms with van der Waals surface area (Å²) in [4.78, 5) is 15.0. The number of ether oxygens (including phenoxy) is 1. The molecule has 1 atom stereocenters. The predicted octanol–water partition coefficient (Wildman–Crippen LogP) is 4.56. The number of aromatic nitrogens is 1. The van der Waals surface area contributed by atoms with Crippen molar-refractivity contribution >= 4 is 5.91 Å². The number of fused-ring (bicyclic) bond motifs is 1. The van der Waals surface area contributed by atoms with Crippen LogP contribution in [0.1, 0.15) is 46.3 Å². The molecule has 2 aromatic carbocycles. The monoisotopic (exact) mass is 374 g/mol. The van der Waals surface area contributed by atoms with Gasteiger partial charge < -0.3 is 14.2 Å². The van der Waals surface area contributed by atoms with E-state index in [2.05, 4.69) is 17.3 Å². The van der Waals surface area contributed by atoms with Gasteiger partial charge in [0.15, 0.2) is 5.76 Å². The first-order valence-corrected chi connectivity index (χ1v) is 9.79. The molecule has 3 heterocycles. The van der Waals surface area contributed by atoms with Crippen molar-refractivity contribution in [2.75, 3.05) is 13.2 Å². The van der Waals surface area contributed by atoms with Gasteiger partial charge in [-0.2, -0.15) is 0 Å². The lowest BCUT2D eigenvalue weighted by Gasteiger charge is -2.22. The Morgan fingerprint density at radius 1 is 1.11 bits per heavy atom. The molecule has 28 heavy (non-hydrogen) atoms. The van der Waals surface area contributed by atoms with E-state index in [0.29, 0.717) is 5.56 Å². The minimum absolute atomic E-state index is 0.0231. The van der Waals surface area contributed by atoms with Gasteiger partial charge in [-0.3, -0.25) is 4.79 Å². The van der Waals surface area contributed by atoms with Crippen LogP contribution in [0.3, 0.4) is 0 Å². The average Bonchev–Trinajstić information content (AvgIpc) is 3.47. The molecule has 1 saturated heterocycles. The number of aryl methyl sites for hydroxylation is 1. The standard InChI is InChI=1S/C23H22N2O3/c1-15-13-22(28-24-15)20-3-2-11-25(20)23(26)17-6-4-16(5-7-17)18-8-9-21-19(14-18)10-12-27-21/h4-9,13-14,20H,2-3,10-12H2,1H3. The second kappa shape index (κ2) is 6.82. The average molecular weight is 374 g/mol. The second-order valence-electron chi connectivity index (χ2n) is 7.53. The summed E-state index contributed by atoms with van der Waals surface area (Å²) < 4.78 is 11.0. The molecule has 1 aromatic heterocycles. The highest BCUT2D eigenvalue weighted by Gasteiger charge is 2.33. The van der Waals surface area contributed by atoms with Crippen molar-refractivity contribution in [3.8, 4) is 16.9 Å². The Hall–Kier alpha value is -3.08. The predicted molar refractivity (Wildman–Crippen MR) is 105 cm³/mol. The topological polar surface area (TPSA) is 55.6 Å². The van der Waals surface area contributed by atoms with Gasteiger partial charge >= 0.3 is 0 Å². The van der Waals surface area contributed by atoms with E-state index in [1.807, 2.05) is 48.2 Å². The maximum absolute atomic E-state index is 13.1. The minimum Gasteiger partial charge on any atom is -0.493 e. The molecule has 0 N–H and O–H groups in total. The summed E-state index contributed by atoms with van der Waals surface area (Å²) in [7, 11) is 0. The van der Waals surface area contributed by atoms with E-state index >= 15 is 0 Å². The Bertz CT molecular complexity index is 1020. The lowest BCUT2D eigenvalue weighted by Crippen LogP contribution is -2.30. The van der Waals surface area contributed by atoms with Crippen LogP contribution in [0, 0.1) is 6.92 Å². The van der Waals surface area contributed by atoms with Crippen LogP contribution < -0.4 is 4.74 Å². The quantitative estimate of drug-likeness (QED) is 0.674. The van der Waals surface area contributed by atoms with Crippen LogP contribution >= 0.6 is 0 Å². The number of rotatable bonds is 3. The maximum Gasteiger partial charge on any atom is 0.254 e. The van der Waals surface area contributed by atoms with Crippen LogP contribution in [0.25, 0.3) is 11.1 Å². The van der Waals surface area contributed by atoms with Crippen molar-refractivity contribution < 1.29 is 14.1 Å². The fourth-order valence-electron chi connectivity index (χ4n) is 4.18. The molecule has 1 amide bonds. The molecule has 5 rings (SSSR count). The molecule has 1 fully saturated rings. The van der Waals surface area contributed by atoms with E-state index in [1.54, 1.807) is 0 Å². The third-order valence-electron chi connectivity index (χ3n) is 5.64. The zero-order valence-electron chi connectivity index (χ0n) is 15.9. The van der Waals surface area contributed by atoms with Gasteiger partial charge in [-0.1, -0.05) is 23.4 Å². The van der Waals surface area contributed by atoms with Crippen LogP contribution in [-0.2, 0) is 6.42 Å². The van der Waals surface area contributed by atoms with Gasteiger partial charge in [0.1, 0.15) is 5.75 Å². The van der Waals surface area contributed by atoms with Gasteiger partial charge in [0.25, 0.3) is 5.91 Å². The highest BCUT2D eigenvalue weighted by molar-refractivity contribution is 5.95. The number of amides is 1. The van der Waals surface area contributed by atoms with Crippen LogP contribution in [-0.4, -0.2) is 29.1 Å². The van der Waals surface area contributed by atoms with E-state index in [1.165, 1.54) is 5.56 Å². The Labute approximate surface area is 163 Å². The fourth-order valence-corrected chi connectivity index (χ4v) is 4.18. The van der Waals surface area contributed by atoms with E-state index in [0.717, 1.165) is 60.7 Å². The van der Waals surface area contributed by atoms with Gasteiger partial charge in [0.05, 0.1) is 18.3 Å². The number of nitrogens with zero attached hydrogens (tertiary/aromatic N) is 2. The van der Waals surface area contributed by atoms with Crippen LogP contribution in [0.2, 0.25) is 0 Å². The van der Waals surface area contributed by atoms with E-state index in [-0.39, 0.29) is 11.9 Å². The summed E-state index contributed by atoms with van der Waals surface area (Å²) in [5, 5.41) is 3.98. The minimum atomic E-state index is -0.0231. The number of hydrogen-bond donors (Lipinski definition) is 0.